The Kier molecular flexibility index (Phi) is 4.27. The van der Waals surface area contributed by atoms with Crippen molar-refractivity contribution in [2.45, 2.75) is 46.1 Å². The molecule has 0 aliphatic carbocycles. The molecule has 0 aromatic carbocycles. The van der Waals surface area contributed by atoms with Crippen molar-refractivity contribution in [3.05, 3.63) is 11.6 Å². The lowest BCUT2D eigenvalue weighted by Gasteiger charge is -2.08. The smallest absolute Gasteiger partial charge is 0.291 e. The van der Waals surface area contributed by atoms with Gasteiger partial charge in [0.25, 0.3) is 5.91 Å². The van der Waals surface area contributed by atoms with E-state index in [1.54, 1.807) is 0 Å². The van der Waals surface area contributed by atoms with Crippen LogP contribution >= 0.6 is 0 Å². The normalized spacial score (nSPS) is 12.5. The topological polar surface area (TPSA) is 70.7 Å². The molecule has 1 rings (SSSR count). The van der Waals surface area contributed by atoms with Gasteiger partial charge in [-0.3, -0.25) is 9.89 Å². The van der Waals surface area contributed by atoms with Gasteiger partial charge < -0.3 is 5.32 Å². The van der Waals surface area contributed by atoms with Gasteiger partial charge in [-0.05, 0) is 19.8 Å². The van der Waals surface area contributed by atoms with Gasteiger partial charge >= 0.3 is 0 Å². The predicted octanol–water partition coefficient (Wildman–Crippen LogP) is 1.29. The van der Waals surface area contributed by atoms with Crippen LogP contribution in [0.1, 0.15) is 50.1 Å². The van der Waals surface area contributed by atoms with Crippen LogP contribution in [0.3, 0.4) is 0 Å². The molecular weight excluding hydrogens is 192 g/mol. The summed E-state index contributed by atoms with van der Waals surface area (Å²) >= 11 is 0. The second-order valence-corrected chi connectivity index (χ2v) is 3.64. The summed E-state index contributed by atoms with van der Waals surface area (Å²) in [5.41, 5.74) is 0. The summed E-state index contributed by atoms with van der Waals surface area (Å²) in [6, 6.07) is 0.158. The Bertz CT molecular complexity index is 321. The molecule has 0 aliphatic heterocycles. The second-order valence-electron chi connectivity index (χ2n) is 3.64. The van der Waals surface area contributed by atoms with Crippen molar-refractivity contribution in [1.82, 2.24) is 20.5 Å². The zero-order chi connectivity index (χ0) is 11.3. The Morgan fingerprint density at radius 1 is 1.53 bits per heavy atom. The van der Waals surface area contributed by atoms with Gasteiger partial charge in [-0.1, -0.05) is 13.8 Å². The standard InChI is InChI=1S/C10H18N4O/c1-4-6-8-12-9(14-13-8)10(15)11-7(3)5-2/h7H,4-6H2,1-3H3,(H,11,15)(H,12,13,14). The van der Waals surface area contributed by atoms with E-state index in [-0.39, 0.29) is 17.8 Å². The van der Waals surface area contributed by atoms with Gasteiger partial charge in [0.15, 0.2) is 0 Å². The maximum Gasteiger partial charge on any atom is 0.291 e. The van der Waals surface area contributed by atoms with Crippen LogP contribution in [0.4, 0.5) is 0 Å². The SMILES string of the molecule is CCCc1nc(C(=O)NC(C)CC)n[nH]1. The molecule has 1 unspecified atom stereocenters. The van der Waals surface area contributed by atoms with Gasteiger partial charge in [-0.25, -0.2) is 4.98 Å². The van der Waals surface area contributed by atoms with Gasteiger partial charge in [0.05, 0.1) is 0 Å². The molecule has 0 spiro atoms. The number of hydrogen-bond donors (Lipinski definition) is 2. The van der Waals surface area contributed by atoms with Crippen LogP contribution in [-0.2, 0) is 6.42 Å². The Morgan fingerprint density at radius 3 is 2.87 bits per heavy atom. The molecule has 1 amide bonds. The van der Waals surface area contributed by atoms with Gasteiger partial charge in [0.2, 0.25) is 5.82 Å². The predicted molar refractivity (Wildman–Crippen MR) is 57.6 cm³/mol. The zero-order valence-electron chi connectivity index (χ0n) is 9.50. The molecule has 15 heavy (non-hydrogen) atoms. The minimum Gasteiger partial charge on any atom is -0.347 e. The summed E-state index contributed by atoms with van der Waals surface area (Å²) in [6.07, 6.45) is 2.71. The molecule has 5 heteroatoms. The third kappa shape index (κ3) is 3.34. The van der Waals surface area contributed by atoms with Crippen LogP contribution < -0.4 is 5.32 Å². The first-order chi connectivity index (χ1) is 7.17. The summed E-state index contributed by atoms with van der Waals surface area (Å²) in [5.74, 6) is 0.800. The molecule has 1 heterocycles. The fourth-order valence-corrected chi connectivity index (χ4v) is 1.14. The molecule has 0 bridgehead atoms. The number of aromatic nitrogens is 3. The molecule has 0 fully saturated rings. The number of hydrogen-bond acceptors (Lipinski definition) is 3. The maximum absolute atomic E-state index is 11.6. The molecule has 0 saturated heterocycles. The van der Waals surface area contributed by atoms with E-state index < -0.39 is 0 Å². The van der Waals surface area contributed by atoms with E-state index in [9.17, 15) is 4.79 Å². The Labute approximate surface area is 89.7 Å². The van der Waals surface area contributed by atoms with Crippen LogP contribution in [0.2, 0.25) is 0 Å². The van der Waals surface area contributed by atoms with Crippen molar-refractivity contribution in [2.24, 2.45) is 0 Å². The van der Waals surface area contributed by atoms with Crippen LogP contribution in [0.15, 0.2) is 0 Å². The highest BCUT2D eigenvalue weighted by molar-refractivity contribution is 5.90. The lowest BCUT2D eigenvalue weighted by Crippen LogP contribution is -2.32. The Balaban J connectivity index is 2.58. The lowest BCUT2D eigenvalue weighted by atomic mass is 10.2. The first-order valence-corrected chi connectivity index (χ1v) is 5.39. The maximum atomic E-state index is 11.6. The van der Waals surface area contributed by atoms with Crippen LogP contribution in [0.25, 0.3) is 0 Å². The van der Waals surface area contributed by atoms with Crippen LogP contribution in [0.5, 0.6) is 0 Å². The van der Waals surface area contributed by atoms with Crippen molar-refractivity contribution in [1.29, 1.82) is 0 Å². The van der Waals surface area contributed by atoms with Gasteiger partial charge in [0, 0.05) is 12.5 Å². The van der Waals surface area contributed by atoms with Gasteiger partial charge in [0.1, 0.15) is 5.82 Å². The number of carbonyl (C=O) groups excluding carboxylic acids is 1. The summed E-state index contributed by atoms with van der Waals surface area (Å²) in [6.45, 7) is 6.03. The molecule has 84 valence electrons. The third-order valence-electron chi connectivity index (χ3n) is 2.21. The van der Waals surface area contributed by atoms with Crippen molar-refractivity contribution in [3.8, 4) is 0 Å². The van der Waals surface area contributed by atoms with Crippen LogP contribution in [-0.4, -0.2) is 27.1 Å². The second kappa shape index (κ2) is 5.48. The molecule has 0 aliphatic rings. The Hall–Kier alpha value is -1.39. The summed E-state index contributed by atoms with van der Waals surface area (Å²) < 4.78 is 0. The number of amides is 1. The van der Waals surface area contributed by atoms with Gasteiger partial charge in [-0.15, -0.1) is 5.10 Å². The number of aromatic amines is 1. The fourth-order valence-electron chi connectivity index (χ4n) is 1.14. The Morgan fingerprint density at radius 2 is 2.27 bits per heavy atom. The molecule has 1 aromatic heterocycles. The number of nitrogens with one attached hydrogen (secondary N) is 2. The highest BCUT2D eigenvalue weighted by Crippen LogP contribution is 1.97. The van der Waals surface area contributed by atoms with E-state index in [0.29, 0.717) is 0 Å². The highest BCUT2D eigenvalue weighted by Gasteiger charge is 2.13. The van der Waals surface area contributed by atoms with E-state index in [2.05, 4.69) is 27.4 Å². The van der Waals surface area contributed by atoms with E-state index in [1.807, 2.05) is 13.8 Å². The fraction of sp³-hybridized carbons (Fsp3) is 0.700. The van der Waals surface area contributed by atoms with Crippen molar-refractivity contribution < 1.29 is 4.79 Å². The molecule has 1 atom stereocenters. The highest BCUT2D eigenvalue weighted by atomic mass is 16.2. The molecule has 5 nitrogen and oxygen atoms in total. The molecule has 0 saturated carbocycles. The zero-order valence-corrected chi connectivity index (χ0v) is 9.50. The molecule has 1 aromatic rings. The number of H-pyrrole nitrogens is 1. The summed E-state index contributed by atoms with van der Waals surface area (Å²) in [4.78, 5) is 15.7. The van der Waals surface area contributed by atoms with E-state index in [0.717, 1.165) is 25.1 Å². The number of aryl methyl sites for hydroxylation is 1. The quantitative estimate of drug-likeness (QED) is 0.769. The van der Waals surface area contributed by atoms with Crippen molar-refractivity contribution >= 4 is 5.91 Å². The van der Waals surface area contributed by atoms with E-state index in [4.69, 9.17) is 0 Å². The largest absolute Gasteiger partial charge is 0.347 e. The monoisotopic (exact) mass is 210 g/mol. The molecule has 0 radical (unpaired) electrons. The van der Waals surface area contributed by atoms with Crippen molar-refractivity contribution in [2.75, 3.05) is 0 Å². The lowest BCUT2D eigenvalue weighted by molar-refractivity contribution is 0.0929. The average Bonchev–Trinajstić information content (AvgIpc) is 2.67. The van der Waals surface area contributed by atoms with Crippen LogP contribution in [0, 0.1) is 0 Å². The first kappa shape index (κ1) is 11.7. The average molecular weight is 210 g/mol. The van der Waals surface area contributed by atoms with Gasteiger partial charge in [-0.2, -0.15) is 0 Å². The minimum atomic E-state index is -0.206. The third-order valence-corrected chi connectivity index (χ3v) is 2.21. The number of nitrogens with zero attached hydrogens (tertiary/aromatic N) is 2. The minimum absolute atomic E-state index is 0.158. The van der Waals surface area contributed by atoms with E-state index >= 15 is 0 Å². The number of rotatable bonds is 5. The summed E-state index contributed by atoms with van der Waals surface area (Å²) in [7, 11) is 0. The summed E-state index contributed by atoms with van der Waals surface area (Å²) in [5, 5.41) is 9.45. The molecular formula is C10H18N4O. The van der Waals surface area contributed by atoms with Crippen molar-refractivity contribution in [3.63, 3.8) is 0 Å². The number of carbonyl (C=O) groups is 1. The first-order valence-electron chi connectivity index (χ1n) is 5.39. The van der Waals surface area contributed by atoms with E-state index in [1.165, 1.54) is 0 Å². The molecule has 2 N–H and O–H groups in total.